The van der Waals surface area contributed by atoms with Crippen molar-refractivity contribution in [1.82, 2.24) is 16.1 Å². The SMILES string of the molecule is CCCCCCCCCCCCCCCCCC(=O)ONCCNCCNCCN. The molecule has 180 valence electrons. The Labute approximate surface area is 186 Å². The van der Waals surface area contributed by atoms with Crippen molar-refractivity contribution in [3.63, 3.8) is 0 Å². The smallest absolute Gasteiger partial charge is 0.324 e. The highest BCUT2D eigenvalue weighted by Crippen LogP contribution is 2.13. The molecule has 0 saturated heterocycles. The van der Waals surface area contributed by atoms with Crippen molar-refractivity contribution in [3.05, 3.63) is 0 Å². The molecule has 0 spiro atoms. The van der Waals surface area contributed by atoms with Gasteiger partial charge in [-0.15, -0.1) is 0 Å². The molecule has 0 atom stereocenters. The van der Waals surface area contributed by atoms with E-state index in [9.17, 15) is 4.79 Å². The number of hydrogen-bond donors (Lipinski definition) is 4. The first-order chi connectivity index (χ1) is 14.8. The van der Waals surface area contributed by atoms with E-state index >= 15 is 0 Å². The maximum Gasteiger partial charge on any atom is 0.324 e. The normalized spacial score (nSPS) is 11.1. The second-order valence-electron chi connectivity index (χ2n) is 8.36. The molecule has 0 heterocycles. The van der Waals surface area contributed by atoms with Gasteiger partial charge in [-0.2, -0.15) is 5.48 Å². The molecule has 0 saturated carbocycles. The number of nitrogens with two attached hydrogens (primary N) is 1. The quantitative estimate of drug-likeness (QED) is 0.127. The second-order valence-corrected chi connectivity index (χ2v) is 8.36. The summed E-state index contributed by atoms with van der Waals surface area (Å²) in [4.78, 5) is 16.7. The molecule has 0 bridgehead atoms. The van der Waals surface area contributed by atoms with Crippen LogP contribution in [0.15, 0.2) is 0 Å². The molecule has 5 N–H and O–H groups in total. The molecule has 0 aromatic carbocycles. The summed E-state index contributed by atoms with van der Waals surface area (Å²) in [7, 11) is 0. The van der Waals surface area contributed by atoms with E-state index in [1.165, 1.54) is 83.5 Å². The molecule has 0 aliphatic rings. The van der Waals surface area contributed by atoms with Crippen LogP contribution in [0.2, 0.25) is 0 Å². The second kappa shape index (κ2) is 26.3. The van der Waals surface area contributed by atoms with Gasteiger partial charge in [0, 0.05) is 45.7 Å². The fourth-order valence-electron chi connectivity index (χ4n) is 3.49. The standard InChI is InChI=1S/C24H52N4O2/c1-2-3-4-5-6-7-8-9-10-11-12-13-14-15-16-17-24(29)30-28-23-22-27-21-20-26-19-18-25/h26-28H,2-23,25H2,1H3. The van der Waals surface area contributed by atoms with E-state index in [1.54, 1.807) is 0 Å². The molecule has 0 radical (unpaired) electrons. The van der Waals surface area contributed by atoms with Gasteiger partial charge in [0.05, 0.1) is 0 Å². The van der Waals surface area contributed by atoms with Crippen LogP contribution in [0, 0.1) is 0 Å². The summed E-state index contributed by atoms with van der Waals surface area (Å²) in [6, 6.07) is 0. The fraction of sp³-hybridized carbons (Fsp3) is 0.958. The number of unbranched alkanes of at least 4 members (excludes halogenated alkanes) is 14. The Morgan fingerprint density at radius 1 is 0.633 bits per heavy atom. The van der Waals surface area contributed by atoms with E-state index in [2.05, 4.69) is 23.0 Å². The monoisotopic (exact) mass is 428 g/mol. The third kappa shape index (κ3) is 25.3. The maximum atomic E-state index is 11.7. The molecule has 0 unspecified atom stereocenters. The van der Waals surface area contributed by atoms with Gasteiger partial charge in [-0.1, -0.05) is 96.8 Å². The van der Waals surface area contributed by atoms with Gasteiger partial charge in [0.25, 0.3) is 0 Å². The molecule has 0 aromatic heterocycles. The van der Waals surface area contributed by atoms with Crippen LogP contribution in [0.5, 0.6) is 0 Å². The largest absolute Gasteiger partial charge is 0.371 e. The van der Waals surface area contributed by atoms with Gasteiger partial charge in [-0.3, -0.25) is 4.79 Å². The summed E-state index contributed by atoms with van der Waals surface area (Å²) in [5, 5.41) is 6.47. The molecule has 0 aliphatic carbocycles. The van der Waals surface area contributed by atoms with Crippen LogP contribution in [-0.4, -0.2) is 45.2 Å². The van der Waals surface area contributed by atoms with Gasteiger partial charge in [-0.05, 0) is 6.42 Å². The van der Waals surface area contributed by atoms with Crippen LogP contribution in [0.25, 0.3) is 0 Å². The highest BCUT2D eigenvalue weighted by Gasteiger charge is 2.02. The zero-order valence-corrected chi connectivity index (χ0v) is 20.0. The lowest BCUT2D eigenvalue weighted by atomic mass is 10.0. The number of nitrogens with one attached hydrogen (secondary N) is 3. The number of carbonyl (C=O) groups excluding carboxylic acids is 1. The molecule has 0 aromatic rings. The predicted molar refractivity (Wildman–Crippen MR) is 128 cm³/mol. The van der Waals surface area contributed by atoms with Crippen molar-refractivity contribution >= 4 is 5.97 Å². The maximum absolute atomic E-state index is 11.7. The van der Waals surface area contributed by atoms with E-state index in [4.69, 9.17) is 10.6 Å². The highest BCUT2D eigenvalue weighted by molar-refractivity contribution is 5.68. The minimum absolute atomic E-state index is 0.144. The van der Waals surface area contributed by atoms with Crippen LogP contribution in [0.4, 0.5) is 0 Å². The van der Waals surface area contributed by atoms with E-state index in [0.717, 1.165) is 39.0 Å². The summed E-state index contributed by atoms with van der Waals surface area (Å²) in [5.74, 6) is -0.144. The summed E-state index contributed by atoms with van der Waals surface area (Å²) in [5.41, 5.74) is 8.14. The Hall–Kier alpha value is -0.690. The zero-order valence-electron chi connectivity index (χ0n) is 20.0. The molecule has 30 heavy (non-hydrogen) atoms. The predicted octanol–water partition coefficient (Wildman–Crippen LogP) is 4.43. The summed E-state index contributed by atoms with van der Waals surface area (Å²) in [6.07, 6.45) is 20.5. The first-order valence-electron chi connectivity index (χ1n) is 12.8. The van der Waals surface area contributed by atoms with Gasteiger partial charge in [0.1, 0.15) is 0 Å². The lowest BCUT2D eigenvalue weighted by Gasteiger charge is -2.07. The lowest BCUT2D eigenvalue weighted by Crippen LogP contribution is -2.34. The Morgan fingerprint density at radius 3 is 1.57 bits per heavy atom. The zero-order chi connectivity index (χ0) is 22.0. The molecule has 0 fully saturated rings. The van der Waals surface area contributed by atoms with Gasteiger partial charge >= 0.3 is 5.97 Å². The van der Waals surface area contributed by atoms with Crippen LogP contribution in [-0.2, 0) is 9.63 Å². The van der Waals surface area contributed by atoms with Crippen molar-refractivity contribution in [2.45, 2.75) is 110 Å². The molecular formula is C24H52N4O2. The van der Waals surface area contributed by atoms with E-state index in [1.807, 2.05) is 0 Å². The van der Waals surface area contributed by atoms with Crippen LogP contribution in [0.1, 0.15) is 110 Å². The van der Waals surface area contributed by atoms with Crippen molar-refractivity contribution in [3.8, 4) is 0 Å². The van der Waals surface area contributed by atoms with E-state index in [-0.39, 0.29) is 5.97 Å². The fourth-order valence-corrected chi connectivity index (χ4v) is 3.49. The number of hydroxylamine groups is 1. The van der Waals surface area contributed by atoms with E-state index < -0.39 is 0 Å². The third-order valence-electron chi connectivity index (χ3n) is 5.37. The average Bonchev–Trinajstić information content (AvgIpc) is 2.75. The van der Waals surface area contributed by atoms with Crippen molar-refractivity contribution in [2.24, 2.45) is 5.73 Å². The minimum atomic E-state index is -0.144. The van der Waals surface area contributed by atoms with Crippen LogP contribution >= 0.6 is 0 Å². The molecule has 0 amide bonds. The Kier molecular flexibility index (Phi) is 25.7. The topological polar surface area (TPSA) is 88.4 Å². The first-order valence-corrected chi connectivity index (χ1v) is 12.8. The average molecular weight is 429 g/mol. The number of hydrogen-bond acceptors (Lipinski definition) is 6. The molecule has 6 heteroatoms. The first kappa shape index (κ1) is 29.3. The molecule has 0 rings (SSSR count). The molecule has 6 nitrogen and oxygen atoms in total. The Morgan fingerprint density at radius 2 is 1.07 bits per heavy atom. The van der Waals surface area contributed by atoms with Gasteiger partial charge in [0.15, 0.2) is 0 Å². The highest BCUT2D eigenvalue weighted by atomic mass is 16.7. The molecule has 0 aliphatic heterocycles. The van der Waals surface area contributed by atoms with Crippen LogP contribution < -0.4 is 21.8 Å². The van der Waals surface area contributed by atoms with Crippen LogP contribution in [0.3, 0.4) is 0 Å². The van der Waals surface area contributed by atoms with Crippen molar-refractivity contribution < 1.29 is 9.63 Å². The number of rotatable bonds is 25. The molecular weight excluding hydrogens is 376 g/mol. The number of carbonyl (C=O) groups is 1. The van der Waals surface area contributed by atoms with Gasteiger partial charge in [-0.25, -0.2) is 0 Å². The Bertz CT molecular complexity index is 343. The lowest BCUT2D eigenvalue weighted by molar-refractivity contribution is -0.151. The van der Waals surface area contributed by atoms with Gasteiger partial charge < -0.3 is 21.2 Å². The summed E-state index contributed by atoms with van der Waals surface area (Å²) >= 11 is 0. The Balaban J connectivity index is 3.12. The summed E-state index contributed by atoms with van der Waals surface area (Å²) in [6.45, 7) is 6.97. The summed E-state index contributed by atoms with van der Waals surface area (Å²) < 4.78 is 0. The van der Waals surface area contributed by atoms with Crippen molar-refractivity contribution in [1.29, 1.82) is 0 Å². The van der Waals surface area contributed by atoms with Crippen molar-refractivity contribution in [2.75, 3.05) is 39.3 Å². The van der Waals surface area contributed by atoms with E-state index in [0.29, 0.717) is 19.5 Å². The van der Waals surface area contributed by atoms with Gasteiger partial charge in [0.2, 0.25) is 0 Å². The third-order valence-corrected chi connectivity index (χ3v) is 5.37. The minimum Gasteiger partial charge on any atom is -0.371 e.